The number of carbonyl (C=O) groups excluding carboxylic acids is 2. The average molecular weight is 483 g/mol. The molecule has 4 aromatic rings. The number of hydrogen-bond acceptors (Lipinski definition) is 5. The molecule has 0 saturated heterocycles. The summed E-state index contributed by atoms with van der Waals surface area (Å²) in [7, 11) is 0. The highest BCUT2D eigenvalue weighted by Crippen LogP contribution is 2.32. The van der Waals surface area contributed by atoms with Crippen molar-refractivity contribution in [2.45, 2.75) is 34.2 Å². The van der Waals surface area contributed by atoms with Gasteiger partial charge in [0.2, 0.25) is 0 Å². The van der Waals surface area contributed by atoms with E-state index in [-0.39, 0.29) is 18.4 Å². The van der Waals surface area contributed by atoms with E-state index in [9.17, 15) is 9.59 Å². The van der Waals surface area contributed by atoms with E-state index in [1.165, 1.54) is 0 Å². The van der Waals surface area contributed by atoms with Crippen molar-refractivity contribution in [3.05, 3.63) is 94.9 Å². The average Bonchev–Trinajstić information content (AvgIpc) is 2.87. The van der Waals surface area contributed by atoms with Gasteiger partial charge in [-0.1, -0.05) is 26.0 Å². The fourth-order valence-corrected chi connectivity index (χ4v) is 3.78. The van der Waals surface area contributed by atoms with Crippen LogP contribution >= 0.6 is 0 Å². The summed E-state index contributed by atoms with van der Waals surface area (Å²) in [4.78, 5) is 33.9. The lowest BCUT2D eigenvalue weighted by Gasteiger charge is -2.14. The standard InChI is InChI=1S/C29H30N4O3/c1-18(2)16-32-29(35)25-15-21(10-12-31-25)17-33-28(34)22-6-5-7-26(20(22)4)36-27-11-13-30-24-14-19(3)8-9-23(24)27/h5-15,18H,16-17H2,1-4H3,(H,32,35)(H,33,34). The number of aryl methyl sites for hydroxylation is 1. The molecule has 0 fully saturated rings. The van der Waals surface area contributed by atoms with E-state index in [1.54, 1.807) is 36.7 Å². The summed E-state index contributed by atoms with van der Waals surface area (Å²) in [5, 5.41) is 6.70. The summed E-state index contributed by atoms with van der Waals surface area (Å²) in [6, 6.07) is 16.7. The van der Waals surface area contributed by atoms with Crippen LogP contribution in [0.5, 0.6) is 11.5 Å². The highest BCUT2D eigenvalue weighted by Gasteiger charge is 2.15. The number of fused-ring (bicyclic) bond motifs is 1. The maximum absolute atomic E-state index is 13.0. The second kappa shape index (κ2) is 11.0. The molecule has 0 spiro atoms. The second-order valence-electron chi connectivity index (χ2n) is 9.20. The third-order valence-electron chi connectivity index (χ3n) is 5.79. The number of hydrogen-bond donors (Lipinski definition) is 2. The minimum absolute atomic E-state index is 0.226. The summed E-state index contributed by atoms with van der Waals surface area (Å²) in [6.45, 7) is 8.79. The highest BCUT2D eigenvalue weighted by atomic mass is 16.5. The maximum Gasteiger partial charge on any atom is 0.269 e. The Bertz CT molecular complexity index is 1420. The van der Waals surface area contributed by atoms with E-state index < -0.39 is 0 Å². The van der Waals surface area contributed by atoms with Gasteiger partial charge in [0, 0.05) is 42.0 Å². The lowest BCUT2D eigenvalue weighted by Crippen LogP contribution is -2.28. The maximum atomic E-state index is 13.0. The molecule has 0 atom stereocenters. The summed E-state index contributed by atoms with van der Waals surface area (Å²) < 4.78 is 6.22. The van der Waals surface area contributed by atoms with E-state index in [1.807, 2.05) is 58.0 Å². The zero-order valence-electron chi connectivity index (χ0n) is 21.0. The van der Waals surface area contributed by atoms with Crippen molar-refractivity contribution in [3.63, 3.8) is 0 Å². The molecule has 0 radical (unpaired) electrons. The van der Waals surface area contributed by atoms with E-state index in [4.69, 9.17) is 4.74 Å². The number of benzene rings is 2. The molecule has 2 aromatic heterocycles. The number of ether oxygens (including phenoxy) is 1. The fraction of sp³-hybridized carbons (Fsp3) is 0.241. The SMILES string of the molecule is Cc1ccc2c(Oc3cccc(C(=O)NCc4ccnc(C(=O)NCC(C)C)c4)c3C)ccnc2c1. The third kappa shape index (κ3) is 5.86. The highest BCUT2D eigenvalue weighted by molar-refractivity contribution is 5.96. The van der Waals surface area contributed by atoms with Gasteiger partial charge in [0.25, 0.3) is 11.8 Å². The Hall–Kier alpha value is -4.26. The quantitative estimate of drug-likeness (QED) is 0.353. The van der Waals surface area contributed by atoms with E-state index in [0.717, 1.165) is 27.6 Å². The van der Waals surface area contributed by atoms with E-state index in [0.29, 0.717) is 35.2 Å². The summed E-state index contributed by atoms with van der Waals surface area (Å²) >= 11 is 0. The van der Waals surface area contributed by atoms with Crippen molar-refractivity contribution in [2.24, 2.45) is 5.92 Å². The van der Waals surface area contributed by atoms with E-state index in [2.05, 4.69) is 20.6 Å². The van der Waals surface area contributed by atoms with Gasteiger partial charge in [-0.2, -0.15) is 0 Å². The van der Waals surface area contributed by atoms with Crippen molar-refractivity contribution in [1.29, 1.82) is 0 Å². The van der Waals surface area contributed by atoms with Crippen LogP contribution < -0.4 is 15.4 Å². The van der Waals surface area contributed by atoms with Crippen LogP contribution in [0.25, 0.3) is 10.9 Å². The van der Waals surface area contributed by atoms with Gasteiger partial charge in [-0.15, -0.1) is 0 Å². The van der Waals surface area contributed by atoms with Gasteiger partial charge >= 0.3 is 0 Å². The smallest absolute Gasteiger partial charge is 0.269 e. The Morgan fingerprint density at radius 3 is 2.50 bits per heavy atom. The summed E-state index contributed by atoms with van der Waals surface area (Å²) in [6.07, 6.45) is 3.29. The molecule has 0 bridgehead atoms. The van der Waals surface area contributed by atoms with Gasteiger partial charge in [0.1, 0.15) is 17.2 Å². The van der Waals surface area contributed by atoms with Gasteiger partial charge in [0.05, 0.1) is 5.52 Å². The molecular weight excluding hydrogens is 452 g/mol. The van der Waals surface area contributed by atoms with Crippen molar-refractivity contribution < 1.29 is 14.3 Å². The zero-order valence-corrected chi connectivity index (χ0v) is 21.0. The first-order valence-electron chi connectivity index (χ1n) is 12.0. The minimum atomic E-state index is -0.226. The molecule has 36 heavy (non-hydrogen) atoms. The molecule has 7 nitrogen and oxygen atoms in total. The molecule has 0 saturated carbocycles. The van der Waals surface area contributed by atoms with Gasteiger partial charge in [-0.05, 0) is 73.4 Å². The molecule has 0 aliphatic heterocycles. The molecule has 2 N–H and O–H groups in total. The molecule has 0 unspecified atom stereocenters. The molecule has 2 amide bonds. The predicted molar refractivity (Wildman–Crippen MR) is 140 cm³/mol. The van der Waals surface area contributed by atoms with Crippen LogP contribution in [0.15, 0.2) is 67.0 Å². The Balaban J connectivity index is 1.47. The fourth-order valence-electron chi connectivity index (χ4n) is 3.78. The van der Waals surface area contributed by atoms with Crippen LogP contribution in [0.2, 0.25) is 0 Å². The summed E-state index contributed by atoms with van der Waals surface area (Å²) in [5.74, 6) is 1.18. The first kappa shape index (κ1) is 24.9. The van der Waals surface area contributed by atoms with Crippen molar-refractivity contribution in [2.75, 3.05) is 6.54 Å². The number of rotatable bonds is 8. The molecule has 2 heterocycles. The van der Waals surface area contributed by atoms with Crippen LogP contribution in [0.4, 0.5) is 0 Å². The minimum Gasteiger partial charge on any atom is -0.456 e. The lowest BCUT2D eigenvalue weighted by molar-refractivity contribution is 0.0940. The van der Waals surface area contributed by atoms with Gasteiger partial charge in [0.15, 0.2) is 0 Å². The van der Waals surface area contributed by atoms with Crippen molar-refractivity contribution in [1.82, 2.24) is 20.6 Å². The Labute approximate surface area is 210 Å². The molecule has 4 rings (SSSR count). The normalized spacial score (nSPS) is 10.9. The lowest BCUT2D eigenvalue weighted by atomic mass is 10.1. The number of amides is 2. The Morgan fingerprint density at radius 2 is 1.69 bits per heavy atom. The van der Waals surface area contributed by atoms with Crippen LogP contribution in [0.1, 0.15) is 51.4 Å². The number of aromatic nitrogens is 2. The number of nitrogens with one attached hydrogen (secondary N) is 2. The Kier molecular flexibility index (Phi) is 7.59. The van der Waals surface area contributed by atoms with E-state index >= 15 is 0 Å². The molecular formula is C29H30N4O3. The van der Waals surface area contributed by atoms with Crippen molar-refractivity contribution >= 4 is 22.7 Å². The largest absolute Gasteiger partial charge is 0.456 e. The number of nitrogens with zero attached hydrogens (tertiary/aromatic N) is 2. The number of pyridine rings is 2. The summed E-state index contributed by atoms with van der Waals surface area (Å²) in [5.41, 5.74) is 4.35. The van der Waals surface area contributed by atoms with Crippen LogP contribution in [0, 0.1) is 19.8 Å². The topological polar surface area (TPSA) is 93.2 Å². The van der Waals surface area contributed by atoms with Crippen LogP contribution in [0.3, 0.4) is 0 Å². The molecule has 2 aromatic carbocycles. The first-order chi connectivity index (χ1) is 17.3. The molecule has 0 aliphatic rings. The zero-order chi connectivity index (χ0) is 25.7. The predicted octanol–water partition coefficient (Wildman–Crippen LogP) is 5.35. The third-order valence-corrected chi connectivity index (χ3v) is 5.79. The monoisotopic (exact) mass is 482 g/mol. The molecule has 0 aliphatic carbocycles. The van der Waals surface area contributed by atoms with Gasteiger partial charge in [-0.3, -0.25) is 19.6 Å². The molecule has 184 valence electrons. The van der Waals surface area contributed by atoms with Crippen molar-refractivity contribution in [3.8, 4) is 11.5 Å². The molecule has 7 heteroatoms. The van der Waals surface area contributed by atoms with Crippen LogP contribution in [-0.2, 0) is 6.54 Å². The second-order valence-corrected chi connectivity index (χ2v) is 9.20. The Morgan fingerprint density at radius 1 is 0.889 bits per heavy atom. The van der Waals surface area contributed by atoms with Crippen LogP contribution in [-0.4, -0.2) is 28.3 Å². The number of carbonyl (C=O) groups is 2. The first-order valence-corrected chi connectivity index (χ1v) is 12.0. The van der Waals surface area contributed by atoms with Gasteiger partial charge < -0.3 is 15.4 Å². The van der Waals surface area contributed by atoms with Gasteiger partial charge in [-0.25, -0.2) is 0 Å².